The maximum Gasteiger partial charge on any atom is 0.416 e. The van der Waals surface area contributed by atoms with E-state index in [0.29, 0.717) is 12.2 Å². The molecule has 0 radical (unpaired) electrons. The van der Waals surface area contributed by atoms with Gasteiger partial charge in [-0.3, -0.25) is 0 Å². The molecule has 0 saturated heterocycles. The van der Waals surface area contributed by atoms with Gasteiger partial charge in [0, 0.05) is 59.1 Å². The first-order valence-electron chi connectivity index (χ1n) is 22.0. The average molecular weight is 987 g/mol. The molecule has 0 fully saturated rings. The summed E-state index contributed by atoms with van der Waals surface area (Å²) in [5.74, 6) is 0. The zero-order valence-corrected chi connectivity index (χ0v) is 42.2. The Morgan fingerprint density at radius 3 is 1.48 bits per heavy atom. The minimum absolute atomic E-state index is 0.598. The number of hydrogen-bond donors (Lipinski definition) is 0. The van der Waals surface area contributed by atoms with Crippen LogP contribution < -0.4 is 9.80 Å². The molecule has 6 aromatic carbocycles. The van der Waals surface area contributed by atoms with Crippen molar-refractivity contribution in [2.24, 2.45) is 0 Å². The summed E-state index contributed by atoms with van der Waals surface area (Å²) in [5, 5.41) is 1.60. The summed E-state index contributed by atoms with van der Waals surface area (Å²) in [6.45, 7) is 4.71. The van der Waals surface area contributed by atoms with Gasteiger partial charge >= 0.3 is 6.18 Å². The molecule has 5 nitrogen and oxygen atoms in total. The van der Waals surface area contributed by atoms with Crippen molar-refractivity contribution < 1.29 is 13.2 Å². The number of alkyl halides is 3. The highest BCUT2D eigenvalue weighted by molar-refractivity contribution is 8.00. The molecule has 0 amide bonds. The molecular formula is C53H56Cl2F3N5S3. The Bertz CT molecular complexity index is 2640. The lowest BCUT2D eigenvalue weighted by molar-refractivity contribution is -0.137. The molecule has 9 rings (SSSR count). The molecule has 346 valence electrons. The van der Waals surface area contributed by atoms with Crippen LogP contribution >= 0.6 is 58.5 Å². The van der Waals surface area contributed by atoms with Crippen LogP contribution in [0.15, 0.2) is 163 Å². The Balaban J connectivity index is 0.000000148. The molecule has 0 atom stereocenters. The van der Waals surface area contributed by atoms with Crippen molar-refractivity contribution >= 4 is 86.8 Å². The molecule has 0 spiro atoms. The molecule has 3 heterocycles. The first-order chi connectivity index (χ1) is 31.7. The van der Waals surface area contributed by atoms with Crippen molar-refractivity contribution in [1.82, 2.24) is 14.7 Å². The molecule has 13 heteroatoms. The van der Waals surface area contributed by atoms with Crippen LogP contribution in [-0.2, 0) is 6.18 Å². The van der Waals surface area contributed by atoms with Gasteiger partial charge in [0.05, 0.1) is 28.3 Å². The number of anilines is 4. The van der Waals surface area contributed by atoms with E-state index >= 15 is 0 Å². The number of para-hydroxylation sites is 2. The maximum atomic E-state index is 13.1. The van der Waals surface area contributed by atoms with Crippen LogP contribution in [0, 0.1) is 0 Å². The van der Waals surface area contributed by atoms with E-state index in [2.05, 4.69) is 127 Å². The van der Waals surface area contributed by atoms with E-state index in [0.717, 1.165) is 77.0 Å². The molecule has 66 heavy (non-hydrogen) atoms. The minimum Gasteiger partial charge on any atom is -0.340 e. The number of rotatable bonds is 11. The van der Waals surface area contributed by atoms with Crippen LogP contribution in [0.25, 0.3) is 5.57 Å². The molecule has 3 aliphatic rings. The molecule has 0 N–H and O–H groups in total. The topological polar surface area (TPSA) is 16.2 Å². The Morgan fingerprint density at radius 2 is 0.924 bits per heavy atom. The van der Waals surface area contributed by atoms with Crippen molar-refractivity contribution in [1.29, 1.82) is 0 Å². The number of hydrogen-bond acceptors (Lipinski definition) is 8. The zero-order chi connectivity index (χ0) is 47.0. The van der Waals surface area contributed by atoms with E-state index < -0.39 is 11.7 Å². The van der Waals surface area contributed by atoms with Gasteiger partial charge in [-0.15, -0.1) is 0 Å². The van der Waals surface area contributed by atoms with E-state index in [4.69, 9.17) is 23.2 Å². The van der Waals surface area contributed by atoms with Crippen molar-refractivity contribution in [2.75, 3.05) is 84.8 Å². The van der Waals surface area contributed by atoms with Crippen molar-refractivity contribution in [3.63, 3.8) is 0 Å². The van der Waals surface area contributed by atoms with Crippen molar-refractivity contribution in [2.45, 2.75) is 54.8 Å². The standard InChI is InChI=1S/C18H18ClNS.C18H19F3N2S.C17H19ClN2S/c1-20(2)11-5-7-14-15-6-3-4-8-17(15)21-18-10-9-13(19)12-16(14)18;1-22(2)10-5-11-23-14-6-3-4-7-16(14)24-17-9-8-13(12-15(17)23)18(19,20)21;1-19(2)10-5-11-20-14-6-3-4-7-16(14)21-17-9-8-13(18)12-15(17)20/h3-4,6-10,12H,5,11H2,1-2H3;3-4,6-9,12H,5,10-11H2,1-2H3;3-4,6-9,12H,5,10-11H2,1-2H3/b14-7+;;. The highest BCUT2D eigenvalue weighted by atomic mass is 35.5. The summed E-state index contributed by atoms with van der Waals surface area (Å²) >= 11 is 17.6. The third-order valence-electron chi connectivity index (χ3n) is 11.1. The van der Waals surface area contributed by atoms with E-state index in [-0.39, 0.29) is 0 Å². The molecular weight excluding hydrogens is 931 g/mol. The fourth-order valence-electron chi connectivity index (χ4n) is 7.91. The monoisotopic (exact) mass is 985 g/mol. The smallest absolute Gasteiger partial charge is 0.340 e. The van der Waals surface area contributed by atoms with Crippen LogP contribution in [0.2, 0.25) is 10.0 Å². The van der Waals surface area contributed by atoms with Crippen LogP contribution in [0.4, 0.5) is 35.9 Å². The van der Waals surface area contributed by atoms with Gasteiger partial charge < -0.3 is 24.5 Å². The number of benzene rings is 6. The second kappa shape index (κ2) is 22.8. The Labute approximate surface area is 411 Å². The quantitative estimate of drug-likeness (QED) is 0.126. The van der Waals surface area contributed by atoms with Crippen LogP contribution in [-0.4, -0.2) is 89.7 Å². The van der Waals surface area contributed by atoms with Gasteiger partial charge in [-0.2, -0.15) is 13.2 Å². The molecule has 0 bridgehead atoms. The molecule has 0 aliphatic carbocycles. The largest absolute Gasteiger partial charge is 0.416 e. The fraction of sp³-hybridized carbons (Fsp3) is 0.283. The molecule has 6 aromatic rings. The zero-order valence-electron chi connectivity index (χ0n) is 38.2. The first kappa shape index (κ1) is 49.9. The normalized spacial score (nSPS) is 14.1. The lowest BCUT2D eigenvalue weighted by Crippen LogP contribution is -2.25. The molecule has 0 unspecified atom stereocenters. The second-order valence-electron chi connectivity index (χ2n) is 17.0. The summed E-state index contributed by atoms with van der Waals surface area (Å²) in [4.78, 5) is 18.1. The maximum absolute atomic E-state index is 13.1. The first-order valence-corrected chi connectivity index (χ1v) is 25.2. The summed E-state index contributed by atoms with van der Waals surface area (Å²) in [5.41, 5.74) is 7.42. The van der Waals surface area contributed by atoms with Crippen LogP contribution in [0.3, 0.4) is 0 Å². The predicted molar refractivity (Wildman–Crippen MR) is 277 cm³/mol. The highest BCUT2D eigenvalue weighted by Gasteiger charge is 2.33. The SMILES string of the molecule is CN(C)CC/C=C1\c2ccccc2Sc2ccc(Cl)cc21.CN(C)CCCN1c2ccccc2Sc2ccc(C(F)(F)F)cc21.CN(C)CCCN1c2ccccc2Sc2ccc(Cl)cc21. The van der Waals surface area contributed by atoms with Crippen molar-refractivity contribution in [3.05, 3.63) is 160 Å². The molecule has 3 aliphatic heterocycles. The van der Waals surface area contributed by atoms with Gasteiger partial charge in [0.15, 0.2) is 0 Å². The molecule has 0 aromatic heterocycles. The Morgan fingerprint density at radius 1 is 0.485 bits per heavy atom. The summed E-state index contributed by atoms with van der Waals surface area (Å²) < 4.78 is 39.3. The lowest BCUT2D eigenvalue weighted by Gasteiger charge is -2.33. The number of nitrogens with zero attached hydrogens (tertiary/aromatic N) is 5. The Hall–Kier alpha value is -4.04. The highest BCUT2D eigenvalue weighted by Crippen LogP contribution is 2.51. The summed E-state index contributed by atoms with van der Waals surface area (Å²) in [6, 6.07) is 41.4. The molecule has 0 saturated carbocycles. The van der Waals surface area contributed by atoms with Crippen LogP contribution in [0.1, 0.15) is 36.0 Å². The van der Waals surface area contributed by atoms with E-state index in [1.165, 1.54) is 65.5 Å². The third kappa shape index (κ3) is 12.7. The second-order valence-corrected chi connectivity index (χ2v) is 21.1. The van der Waals surface area contributed by atoms with Crippen molar-refractivity contribution in [3.8, 4) is 0 Å². The predicted octanol–water partition coefficient (Wildman–Crippen LogP) is 15.3. The fourth-order valence-corrected chi connectivity index (χ4v) is 11.5. The average Bonchev–Trinajstić information content (AvgIpc) is 3.28. The number of fused-ring (bicyclic) bond motifs is 6. The number of halogens is 5. The third-order valence-corrected chi connectivity index (χ3v) is 15.0. The van der Waals surface area contributed by atoms with Gasteiger partial charge in [-0.1, -0.05) is 107 Å². The van der Waals surface area contributed by atoms with E-state index in [9.17, 15) is 13.2 Å². The van der Waals surface area contributed by atoms with Gasteiger partial charge in [0.1, 0.15) is 0 Å². The van der Waals surface area contributed by atoms with E-state index in [1.54, 1.807) is 6.07 Å². The lowest BCUT2D eigenvalue weighted by atomic mass is 9.96. The minimum atomic E-state index is -4.33. The van der Waals surface area contributed by atoms with Gasteiger partial charge in [-0.25, -0.2) is 0 Å². The van der Waals surface area contributed by atoms with Gasteiger partial charge in [0.2, 0.25) is 0 Å². The van der Waals surface area contributed by atoms with Gasteiger partial charge in [-0.05, 0) is 176 Å². The van der Waals surface area contributed by atoms with Crippen LogP contribution in [0.5, 0.6) is 0 Å². The summed E-state index contributed by atoms with van der Waals surface area (Å²) in [7, 11) is 12.4. The van der Waals surface area contributed by atoms with E-state index in [1.807, 2.05) is 78.9 Å². The summed E-state index contributed by atoms with van der Waals surface area (Å²) in [6.07, 6.45) is 1.05. The Kier molecular flexibility index (Phi) is 17.3. The van der Waals surface area contributed by atoms with Gasteiger partial charge in [0.25, 0.3) is 0 Å².